The van der Waals surface area contributed by atoms with E-state index in [9.17, 15) is 4.79 Å². The SMILES string of the molecule is CC(C)(C)OC(=O)c1ccc(OCCCl)cc1. The zero-order valence-corrected chi connectivity index (χ0v) is 11.1. The molecule has 0 N–H and O–H groups in total. The Morgan fingerprint density at radius 3 is 2.29 bits per heavy atom. The maximum Gasteiger partial charge on any atom is 0.338 e. The number of alkyl halides is 1. The molecule has 0 saturated carbocycles. The maximum atomic E-state index is 11.7. The number of carbonyl (C=O) groups is 1. The summed E-state index contributed by atoms with van der Waals surface area (Å²) in [7, 11) is 0. The van der Waals surface area contributed by atoms with E-state index in [-0.39, 0.29) is 5.97 Å². The molecule has 94 valence electrons. The highest BCUT2D eigenvalue weighted by Gasteiger charge is 2.17. The predicted molar refractivity (Wildman–Crippen MR) is 67.8 cm³/mol. The number of benzene rings is 1. The first-order chi connectivity index (χ1) is 7.92. The minimum absolute atomic E-state index is 0.332. The molecule has 0 fully saturated rings. The first kappa shape index (κ1) is 13.8. The standard InChI is InChI=1S/C13H17ClO3/c1-13(2,3)17-12(15)10-4-6-11(7-5-10)16-9-8-14/h4-7H,8-9H2,1-3H3. The summed E-state index contributed by atoms with van der Waals surface area (Å²) in [5, 5.41) is 0. The van der Waals surface area contributed by atoms with Crippen LogP contribution in [0.15, 0.2) is 24.3 Å². The minimum Gasteiger partial charge on any atom is -0.492 e. The van der Waals surface area contributed by atoms with Crippen molar-refractivity contribution in [1.82, 2.24) is 0 Å². The van der Waals surface area contributed by atoms with Crippen LogP contribution in [0.25, 0.3) is 0 Å². The highest BCUT2D eigenvalue weighted by atomic mass is 35.5. The smallest absolute Gasteiger partial charge is 0.338 e. The third-order valence-corrected chi connectivity index (χ3v) is 1.99. The predicted octanol–water partition coefficient (Wildman–Crippen LogP) is 3.26. The van der Waals surface area contributed by atoms with Gasteiger partial charge in [0, 0.05) is 0 Å². The van der Waals surface area contributed by atoms with E-state index in [1.807, 2.05) is 20.8 Å². The quantitative estimate of drug-likeness (QED) is 0.613. The minimum atomic E-state index is -0.481. The Balaban J connectivity index is 2.64. The highest BCUT2D eigenvalue weighted by molar-refractivity contribution is 6.18. The van der Waals surface area contributed by atoms with Crippen molar-refractivity contribution in [3.8, 4) is 5.75 Å². The van der Waals surface area contributed by atoms with Gasteiger partial charge >= 0.3 is 5.97 Å². The second kappa shape index (κ2) is 5.92. The van der Waals surface area contributed by atoms with Crippen LogP contribution in [0.1, 0.15) is 31.1 Å². The maximum absolute atomic E-state index is 11.7. The number of esters is 1. The fourth-order valence-electron chi connectivity index (χ4n) is 1.18. The van der Waals surface area contributed by atoms with Gasteiger partial charge in [0.1, 0.15) is 18.0 Å². The van der Waals surface area contributed by atoms with Crippen LogP contribution >= 0.6 is 11.6 Å². The molecule has 4 heteroatoms. The summed E-state index contributed by atoms with van der Waals surface area (Å²) >= 11 is 5.51. The van der Waals surface area contributed by atoms with Gasteiger partial charge in [-0.1, -0.05) is 0 Å². The van der Waals surface area contributed by atoms with Crippen molar-refractivity contribution in [2.45, 2.75) is 26.4 Å². The molecule has 0 atom stereocenters. The number of rotatable bonds is 4. The van der Waals surface area contributed by atoms with Crippen molar-refractivity contribution in [2.24, 2.45) is 0 Å². The Hall–Kier alpha value is -1.22. The average Bonchev–Trinajstić information content (AvgIpc) is 2.24. The second-order valence-electron chi connectivity index (χ2n) is 4.56. The Morgan fingerprint density at radius 1 is 1.24 bits per heavy atom. The van der Waals surface area contributed by atoms with Crippen LogP contribution in [0.4, 0.5) is 0 Å². The van der Waals surface area contributed by atoms with E-state index < -0.39 is 5.60 Å². The molecule has 0 aliphatic carbocycles. The first-order valence-corrected chi connectivity index (χ1v) is 5.98. The van der Waals surface area contributed by atoms with E-state index in [2.05, 4.69) is 0 Å². The molecule has 0 aliphatic rings. The number of hydrogen-bond acceptors (Lipinski definition) is 3. The van der Waals surface area contributed by atoms with Crippen LogP contribution in [0.3, 0.4) is 0 Å². The zero-order chi connectivity index (χ0) is 12.9. The Labute approximate surface area is 107 Å². The molecule has 1 aromatic carbocycles. The van der Waals surface area contributed by atoms with Crippen LogP contribution in [0, 0.1) is 0 Å². The molecule has 17 heavy (non-hydrogen) atoms. The van der Waals surface area contributed by atoms with Crippen LogP contribution in [-0.2, 0) is 4.74 Å². The molecule has 0 unspecified atom stereocenters. The second-order valence-corrected chi connectivity index (χ2v) is 4.94. The molecule has 0 radical (unpaired) electrons. The van der Waals surface area contributed by atoms with Gasteiger partial charge in [0.25, 0.3) is 0 Å². The summed E-state index contributed by atoms with van der Waals surface area (Å²) < 4.78 is 10.6. The van der Waals surface area contributed by atoms with Gasteiger partial charge < -0.3 is 9.47 Å². The highest BCUT2D eigenvalue weighted by Crippen LogP contribution is 2.16. The lowest BCUT2D eigenvalue weighted by Crippen LogP contribution is -2.23. The normalized spacial score (nSPS) is 11.1. The molecule has 0 aliphatic heterocycles. The molecule has 0 heterocycles. The summed E-state index contributed by atoms with van der Waals surface area (Å²) in [5.74, 6) is 0.799. The third-order valence-electron chi connectivity index (χ3n) is 1.83. The fraction of sp³-hybridized carbons (Fsp3) is 0.462. The summed E-state index contributed by atoms with van der Waals surface area (Å²) in [6, 6.07) is 6.81. The van der Waals surface area contributed by atoms with Gasteiger partial charge in [0.05, 0.1) is 11.4 Å². The van der Waals surface area contributed by atoms with Crippen molar-refractivity contribution in [1.29, 1.82) is 0 Å². The van der Waals surface area contributed by atoms with E-state index in [0.717, 1.165) is 0 Å². The molecule has 1 aromatic rings. The van der Waals surface area contributed by atoms with E-state index in [1.165, 1.54) is 0 Å². The van der Waals surface area contributed by atoms with E-state index >= 15 is 0 Å². The zero-order valence-electron chi connectivity index (χ0n) is 10.3. The van der Waals surface area contributed by atoms with Crippen molar-refractivity contribution in [3.63, 3.8) is 0 Å². The summed E-state index contributed by atoms with van der Waals surface area (Å²) in [4.78, 5) is 11.7. The molecule has 3 nitrogen and oxygen atoms in total. The molecule has 0 bridgehead atoms. The van der Waals surface area contributed by atoms with Gasteiger partial charge in [-0.25, -0.2) is 4.79 Å². The van der Waals surface area contributed by atoms with Gasteiger partial charge in [-0.05, 0) is 45.0 Å². The molecular formula is C13H17ClO3. The van der Waals surface area contributed by atoms with Crippen molar-refractivity contribution < 1.29 is 14.3 Å². The lowest BCUT2D eigenvalue weighted by molar-refractivity contribution is 0.00695. The average molecular weight is 257 g/mol. The molecular weight excluding hydrogens is 240 g/mol. The van der Waals surface area contributed by atoms with Gasteiger partial charge in [0.2, 0.25) is 0 Å². The van der Waals surface area contributed by atoms with Crippen molar-refractivity contribution in [2.75, 3.05) is 12.5 Å². The van der Waals surface area contributed by atoms with Crippen LogP contribution in [0.2, 0.25) is 0 Å². The van der Waals surface area contributed by atoms with Gasteiger partial charge in [-0.15, -0.1) is 11.6 Å². The molecule has 0 amide bonds. The third kappa shape index (κ3) is 5.09. The van der Waals surface area contributed by atoms with Gasteiger partial charge in [0.15, 0.2) is 0 Å². The Morgan fingerprint density at radius 2 is 1.82 bits per heavy atom. The number of carbonyl (C=O) groups excluding carboxylic acids is 1. The van der Waals surface area contributed by atoms with E-state index in [0.29, 0.717) is 23.8 Å². The van der Waals surface area contributed by atoms with Gasteiger partial charge in [-0.2, -0.15) is 0 Å². The largest absolute Gasteiger partial charge is 0.492 e. The van der Waals surface area contributed by atoms with Crippen molar-refractivity contribution in [3.05, 3.63) is 29.8 Å². The van der Waals surface area contributed by atoms with Crippen molar-refractivity contribution >= 4 is 17.6 Å². The summed E-state index contributed by atoms with van der Waals surface area (Å²) in [6.45, 7) is 5.96. The Kier molecular flexibility index (Phi) is 4.82. The lowest BCUT2D eigenvalue weighted by atomic mass is 10.1. The lowest BCUT2D eigenvalue weighted by Gasteiger charge is -2.19. The van der Waals surface area contributed by atoms with Gasteiger partial charge in [-0.3, -0.25) is 0 Å². The van der Waals surface area contributed by atoms with Crippen LogP contribution in [0.5, 0.6) is 5.75 Å². The number of ether oxygens (including phenoxy) is 2. The Bertz CT molecular complexity index is 365. The molecule has 1 rings (SSSR count). The topological polar surface area (TPSA) is 35.5 Å². The summed E-state index contributed by atoms with van der Waals surface area (Å²) in [5.41, 5.74) is 0.0309. The molecule has 0 saturated heterocycles. The first-order valence-electron chi connectivity index (χ1n) is 5.44. The number of hydrogen-bond donors (Lipinski definition) is 0. The fourth-order valence-corrected chi connectivity index (χ4v) is 1.26. The van der Waals surface area contributed by atoms with E-state index in [4.69, 9.17) is 21.1 Å². The molecule has 0 aromatic heterocycles. The van der Waals surface area contributed by atoms with Crippen LogP contribution < -0.4 is 4.74 Å². The van der Waals surface area contributed by atoms with Crippen LogP contribution in [-0.4, -0.2) is 24.1 Å². The monoisotopic (exact) mass is 256 g/mol. The number of halogens is 1. The summed E-state index contributed by atoms with van der Waals surface area (Å²) in [6.07, 6.45) is 0. The van der Waals surface area contributed by atoms with E-state index in [1.54, 1.807) is 24.3 Å². The molecule has 0 spiro atoms.